The maximum atomic E-state index is 6.26. The third kappa shape index (κ3) is 3.91. The quantitative estimate of drug-likeness (QED) is 0.897. The predicted molar refractivity (Wildman–Crippen MR) is 89.0 cm³/mol. The van der Waals surface area contributed by atoms with E-state index in [-0.39, 0.29) is 6.04 Å². The van der Waals surface area contributed by atoms with Crippen molar-refractivity contribution in [2.45, 2.75) is 44.7 Å². The van der Waals surface area contributed by atoms with Gasteiger partial charge in [0.2, 0.25) is 0 Å². The van der Waals surface area contributed by atoms with Gasteiger partial charge in [-0.2, -0.15) is 0 Å². The van der Waals surface area contributed by atoms with Gasteiger partial charge in [-0.15, -0.1) is 0 Å². The molecule has 3 nitrogen and oxygen atoms in total. The Labute approximate surface area is 133 Å². The van der Waals surface area contributed by atoms with Gasteiger partial charge in [-0.05, 0) is 56.3 Å². The number of nitrogens with zero attached hydrogens (tertiary/aromatic N) is 1. The molecule has 1 unspecified atom stereocenters. The van der Waals surface area contributed by atoms with E-state index in [9.17, 15) is 0 Å². The second-order valence-electron chi connectivity index (χ2n) is 6.22. The van der Waals surface area contributed by atoms with Crippen molar-refractivity contribution in [1.29, 1.82) is 0 Å². The first-order valence-electron chi connectivity index (χ1n) is 7.82. The van der Waals surface area contributed by atoms with Crippen molar-refractivity contribution in [2.75, 3.05) is 20.7 Å². The third-order valence-corrected chi connectivity index (χ3v) is 5.13. The average Bonchev–Trinajstić information content (AvgIpc) is 2.49. The SMILES string of the molecule is COc1ccc(C(CN)N(C)C2CCC(C)CC2)cc1Cl. The molecule has 0 aliphatic heterocycles. The zero-order chi connectivity index (χ0) is 15.4. The minimum Gasteiger partial charge on any atom is -0.495 e. The normalized spacial score (nSPS) is 24.1. The fourth-order valence-electron chi connectivity index (χ4n) is 3.33. The Bertz CT molecular complexity index is 458. The van der Waals surface area contributed by atoms with Crippen LogP contribution in [0, 0.1) is 5.92 Å². The predicted octanol–water partition coefficient (Wildman–Crippen LogP) is 3.86. The van der Waals surface area contributed by atoms with Crippen LogP contribution in [0.15, 0.2) is 18.2 Å². The summed E-state index contributed by atoms with van der Waals surface area (Å²) in [7, 11) is 3.83. The molecule has 0 heterocycles. The molecule has 0 radical (unpaired) electrons. The van der Waals surface area contributed by atoms with E-state index in [0.717, 1.165) is 5.92 Å². The molecule has 1 aromatic rings. The molecule has 1 fully saturated rings. The Hall–Kier alpha value is -0.770. The second kappa shape index (κ2) is 7.48. The maximum absolute atomic E-state index is 6.26. The zero-order valence-electron chi connectivity index (χ0n) is 13.3. The van der Waals surface area contributed by atoms with Crippen LogP contribution in [0.3, 0.4) is 0 Å². The first kappa shape index (κ1) is 16.6. The summed E-state index contributed by atoms with van der Waals surface area (Å²) < 4.78 is 5.23. The van der Waals surface area contributed by atoms with Gasteiger partial charge in [0.15, 0.2) is 0 Å². The van der Waals surface area contributed by atoms with Crippen molar-refractivity contribution in [3.8, 4) is 5.75 Å². The monoisotopic (exact) mass is 310 g/mol. The Balaban J connectivity index is 2.13. The first-order valence-corrected chi connectivity index (χ1v) is 8.20. The summed E-state index contributed by atoms with van der Waals surface area (Å²) >= 11 is 6.26. The van der Waals surface area contributed by atoms with Crippen molar-refractivity contribution in [3.05, 3.63) is 28.8 Å². The van der Waals surface area contributed by atoms with Gasteiger partial charge in [0, 0.05) is 18.6 Å². The molecule has 0 amide bonds. The average molecular weight is 311 g/mol. The maximum Gasteiger partial charge on any atom is 0.137 e. The molecule has 4 heteroatoms. The van der Waals surface area contributed by atoms with Crippen molar-refractivity contribution in [1.82, 2.24) is 4.90 Å². The summed E-state index contributed by atoms with van der Waals surface area (Å²) in [5.41, 5.74) is 7.22. The zero-order valence-corrected chi connectivity index (χ0v) is 14.1. The Morgan fingerprint density at radius 1 is 1.33 bits per heavy atom. The van der Waals surface area contributed by atoms with Crippen LogP contribution in [0.4, 0.5) is 0 Å². The van der Waals surface area contributed by atoms with E-state index in [2.05, 4.69) is 24.9 Å². The van der Waals surface area contributed by atoms with E-state index in [4.69, 9.17) is 22.1 Å². The standard InChI is InChI=1S/C17H27ClN2O/c1-12-4-7-14(8-5-12)20(2)16(11-19)13-6-9-17(21-3)15(18)10-13/h6,9-10,12,14,16H,4-5,7-8,11,19H2,1-3H3. The Morgan fingerprint density at radius 3 is 2.52 bits per heavy atom. The van der Waals surface area contributed by atoms with Gasteiger partial charge >= 0.3 is 0 Å². The highest BCUT2D eigenvalue weighted by Gasteiger charge is 2.27. The summed E-state index contributed by atoms with van der Waals surface area (Å²) in [5, 5.41) is 0.652. The summed E-state index contributed by atoms with van der Waals surface area (Å²) in [4.78, 5) is 2.43. The number of hydrogen-bond donors (Lipinski definition) is 1. The highest BCUT2D eigenvalue weighted by molar-refractivity contribution is 6.32. The topological polar surface area (TPSA) is 38.5 Å². The first-order chi connectivity index (χ1) is 10.1. The van der Waals surface area contributed by atoms with Gasteiger partial charge < -0.3 is 10.5 Å². The minimum atomic E-state index is 0.215. The van der Waals surface area contributed by atoms with Crippen LogP contribution in [-0.2, 0) is 0 Å². The molecule has 2 rings (SSSR count). The number of methoxy groups -OCH3 is 1. The van der Waals surface area contributed by atoms with Gasteiger partial charge in [0.25, 0.3) is 0 Å². The van der Waals surface area contributed by atoms with Crippen LogP contribution in [0.1, 0.15) is 44.2 Å². The van der Waals surface area contributed by atoms with Crippen LogP contribution in [0.25, 0.3) is 0 Å². The van der Waals surface area contributed by atoms with E-state index in [0.29, 0.717) is 23.4 Å². The molecule has 0 bridgehead atoms. The van der Waals surface area contributed by atoms with Crippen LogP contribution in [0.5, 0.6) is 5.75 Å². The number of benzene rings is 1. The van der Waals surface area contributed by atoms with Gasteiger partial charge in [0.1, 0.15) is 5.75 Å². The Kier molecular flexibility index (Phi) is 5.91. The largest absolute Gasteiger partial charge is 0.495 e. The Morgan fingerprint density at radius 2 is 2.00 bits per heavy atom. The van der Waals surface area contributed by atoms with Crippen molar-refractivity contribution in [3.63, 3.8) is 0 Å². The lowest BCUT2D eigenvalue weighted by atomic mass is 9.86. The molecule has 0 aromatic heterocycles. The molecule has 1 aliphatic carbocycles. The van der Waals surface area contributed by atoms with Crippen molar-refractivity contribution >= 4 is 11.6 Å². The fraction of sp³-hybridized carbons (Fsp3) is 0.647. The highest BCUT2D eigenvalue weighted by Crippen LogP contribution is 2.33. The highest BCUT2D eigenvalue weighted by atomic mass is 35.5. The van der Waals surface area contributed by atoms with Crippen LogP contribution >= 0.6 is 11.6 Å². The molecule has 0 spiro atoms. The molecule has 1 saturated carbocycles. The molecule has 21 heavy (non-hydrogen) atoms. The molecular weight excluding hydrogens is 284 g/mol. The number of likely N-dealkylation sites (N-methyl/N-ethyl adjacent to an activating group) is 1. The van der Waals surface area contributed by atoms with Crippen LogP contribution < -0.4 is 10.5 Å². The van der Waals surface area contributed by atoms with E-state index in [1.54, 1.807) is 7.11 Å². The smallest absolute Gasteiger partial charge is 0.137 e. The molecule has 1 aliphatic rings. The number of nitrogens with two attached hydrogens (primary N) is 1. The van der Waals surface area contributed by atoms with Crippen molar-refractivity contribution < 1.29 is 4.74 Å². The van der Waals surface area contributed by atoms with Crippen LogP contribution in [-0.4, -0.2) is 31.6 Å². The van der Waals surface area contributed by atoms with Gasteiger partial charge in [-0.1, -0.05) is 24.6 Å². The summed E-state index contributed by atoms with van der Waals surface area (Å²) in [6.07, 6.45) is 5.15. The van der Waals surface area contributed by atoms with Gasteiger partial charge in [0.05, 0.1) is 12.1 Å². The lowest BCUT2D eigenvalue weighted by Crippen LogP contribution is -2.40. The van der Waals surface area contributed by atoms with E-state index >= 15 is 0 Å². The summed E-state index contributed by atoms with van der Waals surface area (Å²) in [6, 6.07) is 6.82. The number of rotatable bonds is 5. The van der Waals surface area contributed by atoms with E-state index < -0.39 is 0 Å². The lowest BCUT2D eigenvalue weighted by molar-refractivity contribution is 0.126. The fourth-order valence-corrected chi connectivity index (χ4v) is 3.60. The molecule has 1 aromatic carbocycles. The number of ether oxygens (including phenoxy) is 1. The van der Waals surface area contributed by atoms with Crippen LogP contribution in [0.2, 0.25) is 5.02 Å². The van der Waals surface area contributed by atoms with Gasteiger partial charge in [-0.3, -0.25) is 4.90 Å². The minimum absolute atomic E-state index is 0.215. The second-order valence-corrected chi connectivity index (χ2v) is 6.63. The molecule has 1 atom stereocenters. The van der Waals surface area contributed by atoms with E-state index in [1.165, 1.54) is 31.2 Å². The van der Waals surface area contributed by atoms with Gasteiger partial charge in [-0.25, -0.2) is 0 Å². The van der Waals surface area contributed by atoms with E-state index in [1.807, 2.05) is 12.1 Å². The molecule has 2 N–H and O–H groups in total. The third-order valence-electron chi connectivity index (χ3n) is 4.84. The summed E-state index contributed by atoms with van der Waals surface area (Å²) in [6.45, 7) is 2.95. The molecule has 118 valence electrons. The summed E-state index contributed by atoms with van der Waals surface area (Å²) in [5.74, 6) is 1.58. The molecule has 0 saturated heterocycles. The number of hydrogen-bond acceptors (Lipinski definition) is 3. The lowest BCUT2D eigenvalue weighted by Gasteiger charge is -2.38. The van der Waals surface area contributed by atoms with Crippen molar-refractivity contribution in [2.24, 2.45) is 11.7 Å². The molecular formula is C17H27ClN2O. The number of halogens is 1.